The molecule has 0 aromatic carbocycles. The Bertz CT molecular complexity index is 403. The van der Waals surface area contributed by atoms with Crippen LogP contribution >= 0.6 is 0 Å². The fraction of sp³-hybridized carbons (Fsp3) is 0.125. The lowest BCUT2D eigenvalue weighted by atomic mass is 10.3. The lowest BCUT2D eigenvalue weighted by Crippen LogP contribution is -1.89. The Balaban J connectivity index is 2.41. The predicted molar refractivity (Wildman–Crippen MR) is 48.8 cm³/mol. The van der Waals surface area contributed by atoms with Crippen LogP contribution in [0.5, 0.6) is 0 Å². The van der Waals surface area contributed by atoms with Crippen molar-refractivity contribution in [3.63, 3.8) is 0 Å². The van der Waals surface area contributed by atoms with Gasteiger partial charge in [0.15, 0.2) is 0 Å². The molecule has 2 aromatic rings. The van der Waals surface area contributed by atoms with Crippen LogP contribution in [0.3, 0.4) is 0 Å². The number of aromatic amines is 1. The number of H-pyrrole nitrogens is 1. The van der Waals surface area contributed by atoms with Crippen molar-refractivity contribution >= 4 is 5.82 Å². The van der Waals surface area contributed by atoms with Gasteiger partial charge in [-0.1, -0.05) is 0 Å². The summed E-state index contributed by atoms with van der Waals surface area (Å²) < 4.78 is 0. The molecule has 0 saturated carbocycles. The monoisotopic (exact) mass is 175 g/mol. The lowest BCUT2D eigenvalue weighted by Gasteiger charge is -1.94. The summed E-state index contributed by atoms with van der Waals surface area (Å²) in [5.74, 6) is 0.456. The molecule has 0 saturated heterocycles. The molecule has 5 heteroatoms. The van der Waals surface area contributed by atoms with Crippen LogP contribution in [0.15, 0.2) is 18.2 Å². The summed E-state index contributed by atoms with van der Waals surface area (Å²) in [6.45, 7) is 1.89. The zero-order valence-corrected chi connectivity index (χ0v) is 7.15. The summed E-state index contributed by atoms with van der Waals surface area (Å²) in [4.78, 5) is 0. The number of nitrogens with zero attached hydrogens (tertiary/aromatic N) is 3. The highest BCUT2D eigenvalue weighted by molar-refractivity contribution is 5.56. The molecule has 2 heterocycles. The minimum atomic E-state index is 0.456. The van der Waals surface area contributed by atoms with E-state index in [0.717, 1.165) is 17.1 Å². The van der Waals surface area contributed by atoms with E-state index in [1.54, 1.807) is 6.07 Å². The third-order valence-electron chi connectivity index (χ3n) is 1.67. The molecule has 0 aliphatic rings. The molecule has 0 atom stereocenters. The molecule has 66 valence electrons. The van der Waals surface area contributed by atoms with Crippen LogP contribution < -0.4 is 5.73 Å². The summed E-state index contributed by atoms with van der Waals surface area (Å²) in [5, 5.41) is 14.5. The maximum Gasteiger partial charge on any atom is 0.145 e. The molecule has 0 aliphatic carbocycles. The Morgan fingerprint density at radius 2 is 2.15 bits per heavy atom. The molecule has 13 heavy (non-hydrogen) atoms. The van der Waals surface area contributed by atoms with Gasteiger partial charge in [-0.3, -0.25) is 5.10 Å². The largest absolute Gasteiger partial charge is 0.382 e. The Labute approximate surface area is 75.0 Å². The summed E-state index contributed by atoms with van der Waals surface area (Å²) >= 11 is 0. The topological polar surface area (TPSA) is 80.5 Å². The van der Waals surface area contributed by atoms with Crippen molar-refractivity contribution in [2.24, 2.45) is 0 Å². The normalized spacial score (nSPS) is 10.2. The van der Waals surface area contributed by atoms with Gasteiger partial charge in [-0.25, -0.2) is 0 Å². The highest BCUT2D eigenvalue weighted by Crippen LogP contribution is 2.14. The van der Waals surface area contributed by atoms with Gasteiger partial charge in [0.2, 0.25) is 0 Å². The van der Waals surface area contributed by atoms with Gasteiger partial charge in [0.1, 0.15) is 11.5 Å². The van der Waals surface area contributed by atoms with Crippen molar-refractivity contribution in [3.8, 4) is 11.4 Å². The Morgan fingerprint density at radius 3 is 2.69 bits per heavy atom. The quantitative estimate of drug-likeness (QED) is 0.670. The molecule has 3 N–H and O–H groups in total. The second-order valence-electron chi connectivity index (χ2n) is 2.77. The Morgan fingerprint density at radius 1 is 1.31 bits per heavy atom. The first-order chi connectivity index (χ1) is 6.25. The standard InChI is InChI=1S/C8H9N5/c1-5-2-3-6(11-10-5)7-4-8(9)13-12-7/h2-4H,1H3,(H3,9,12,13). The molecule has 0 radical (unpaired) electrons. The molecule has 0 unspecified atom stereocenters. The maximum atomic E-state index is 5.46. The molecule has 0 fully saturated rings. The number of aryl methyl sites for hydroxylation is 1. The number of aromatic nitrogens is 4. The van der Waals surface area contributed by atoms with Crippen molar-refractivity contribution in [1.82, 2.24) is 20.4 Å². The van der Waals surface area contributed by atoms with E-state index in [1.165, 1.54) is 0 Å². The lowest BCUT2D eigenvalue weighted by molar-refractivity contribution is 0.975. The van der Waals surface area contributed by atoms with Crippen LogP contribution in [0.1, 0.15) is 5.69 Å². The van der Waals surface area contributed by atoms with Gasteiger partial charge in [-0.15, -0.1) is 5.10 Å². The smallest absolute Gasteiger partial charge is 0.145 e. The SMILES string of the molecule is Cc1ccc(-c2cc(N)n[nH]2)nn1. The van der Waals surface area contributed by atoms with Crippen LogP contribution in [-0.4, -0.2) is 20.4 Å². The third-order valence-corrected chi connectivity index (χ3v) is 1.67. The average Bonchev–Trinajstić information content (AvgIpc) is 2.53. The van der Waals surface area contributed by atoms with E-state index in [-0.39, 0.29) is 0 Å². The average molecular weight is 175 g/mol. The molecular formula is C8H9N5. The number of nitrogens with one attached hydrogen (secondary N) is 1. The van der Waals surface area contributed by atoms with E-state index in [9.17, 15) is 0 Å². The molecule has 2 rings (SSSR count). The summed E-state index contributed by atoms with van der Waals surface area (Å²) in [5.41, 5.74) is 7.87. The first-order valence-electron chi connectivity index (χ1n) is 3.87. The van der Waals surface area contributed by atoms with E-state index >= 15 is 0 Å². The fourth-order valence-electron chi connectivity index (χ4n) is 1.01. The van der Waals surface area contributed by atoms with Gasteiger partial charge in [0.05, 0.1) is 11.4 Å². The second kappa shape index (κ2) is 2.85. The first kappa shape index (κ1) is 7.72. The van der Waals surface area contributed by atoms with Crippen LogP contribution in [0.25, 0.3) is 11.4 Å². The molecule has 0 amide bonds. The van der Waals surface area contributed by atoms with Gasteiger partial charge in [-0.05, 0) is 19.1 Å². The molecule has 0 bridgehead atoms. The number of anilines is 1. The zero-order valence-electron chi connectivity index (χ0n) is 7.15. The zero-order chi connectivity index (χ0) is 9.26. The first-order valence-corrected chi connectivity index (χ1v) is 3.87. The summed E-state index contributed by atoms with van der Waals surface area (Å²) in [6, 6.07) is 5.48. The van der Waals surface area contributed by atoms with E-state index in [0.29, 0.717) is 5.82 Å². The molecule has 0 aliphatic heterocycles. The Kier molecular flexibility index (Phi) is 1.70. The molecule has 2 aromatic heterocycles. The number of nitrogens with two attached hydrogens (primary N) is 1. The van der Waals surface area contributed by atoms with Gasteiger partial charge >= 0.3 is 0 Å². The van der Waals surface area contributed by atoms with Crippen molar-refractivity contribution in [1.29, 1.82) is 0 Å². The number of rotatable bonds is 1. The minimum absolute atomic E-state index is 0.456. The highest BCUT2D eigenvalue weighted by atomic mass is 15.2. The van der Waals surface area contributed by atoms with E-state index < -0.39 is 0 Å². The summed E-state index contributed by atoms with van der Waals surface area (Å²) in [7, 11) is 0. The third kappa shape index (κ3) is 1.48. The van der Waals surface area contributed by atoms with Gasteiger partial charge < -0.3 is 5.73 Å². The number of nitrogen functional groups attached to an aromatic ring is 1. The van der Waals surface area contributed by atoms with Crippen LogP contribution in [-0.2, 0) is 0 Å². The van der Waals surface area contributed by atoms with Gasteiger partial charge in [0.25, 0.3) is 0 Å². The van der Waals surface area contributed by atoms with Crippen molar-refractivity contribution in [2.45, 2.75) is 6.92 Å². The van der Waals surface area contributed by atoms with E-state index in [1.807, 2.05) is 19.1 Å². The Hall–Kier alpha value is -1.91. The van der Waals surface area contributed by atoms with Crippen molar-refractivity contribution < 1.29 is 0 Å². The number of hydrogen-bond acceptors (Lipinski definition) is 4. The van der Waals surface area contributed by atoms with Crippen molar-refractivity contribution in [2.75, 3.05) is 5.73 Å². The minimum Gasteiger partial charge on any atom is -0.382 e. The number of hydrogen-bond donors (Lipinski definition) is 2. The summed E-state index contributed by atoms with van der Waals surface area (Å²) in [6.07, 6.45) is 0. The molecule has 5 nitrogen and oxygen atoms in total. The second-order valence-corrected chi connectivity index (χ2v) is 2.77. The van der Waals surface area contributed by atoms with E-state index in [2.05, 4.69) is 20.4 Å². The van der Waals surface area contributed by atoms with Gasteiger partial charge in [-0.2, -0.15) is 10.2 Å². The van der Waals surface area contributed by atoms with Crippen LogP contribution in [0.4, 0.5) is 5.82 Å². The van der Waals surface area contributed by atoms with Crippen LogP contribution in [0, 0.1) is 6.92 Å². The molecular weight excluding hydrogens is 166 g/mol. The maximum absolute atomic E-state index is 5.46. The van der Waals surface area contributed by atoms with Crippen LogP contribution in [0.2, 0.25) is 0 Å². The van der Waals surface area contributed by atoms with Gasteiger partial charge in [0, 0.05) is 6.07 Å². The highest BCUT2D eigenvalue weighted by Gasteiger charge is 2.02. The van der Waals surface area contributed by atoms with Crippen molar-refractivity contribution in [3.05, 3.63) is 23.9 Å². The fourth-order valence-corrected chi connectivity index (χ4v) is 1.01. The van der Waals surface area contributed by atoms with E-state index in [4.69, 9.17) is 5.73 Å². The molecule has 0 spiro atoms. The predicted octanol–water partition coefficient (Wildman–Crippen LogP) is 0.757.